The van der Waals surface area contributed by atoms with E-state index in [-0.39, 0.29) is 43.2 Å². The zero-order valence-electron chi connectivity index (χ0n) is 13.6. The maximum Gasteiger partial charge on any atom is 0.339 e. The Hall–Kier alpha value is -2.32. The highest BCUT2D eigenvalue weighted by Crippen LogP contribution is 2.42. The molecule has 1 aliphatic heterocycles. The SMILES string of the molecule is CC(=O)OCC1COc2c(C(=O)O)cccc2N1c1ncc(C)s1.Cl. The van der Waals surface area contributed by atoms with Crippen LogP contribution in [0.25, 0.3) is 0 Å². The molecule has 0 fully saturated rings. The number of aromatic carboxylic acids is 1. The smallest absolute Gasteiger partial charge is 0.339 e. The lowest BCUT2D eigenvalue weighted by Crippen LogP contribution is -2.43. The number of para-hydroxylation sites is 1. The van der Waals surface area contributed by atoms with Crippen LogP contribution in [-0.4, -0.2) is 41.3 Å². The molecule has 7 nitrogen and oxygen atoms in total. The van der Waals surface area contributed by atoms with Gasteiger partial charge in [0.05, 0.1) is 5.69 Å². The fraction of sp³-hybridized carbons (Fsp3) is 0.312. The first-order valence-electron chi connectivity index (χ1n) is 7.31. The van der Waals surface area contributed by atoms with E-state index in [4.69, 9.17) is 9.47 Å². The molecule has 1 unspecified atom stereocenters. The Morgan fingerprint density at radius 3 is 2.84 bits per heavy atom. The molecule has 0 radical (unpaired) electrons. The van der Waals surface area contributed by atoms with Crippen LogP contribution in [0.15, 0.2) is 24.4 Å². The highest BCUT2D eigenvalue weighted by atomic mass is 35.5. The van der Waals surface area contributed by atoms with Crippen LogP contribution in [0.4, 0.5) is 10.8 Å². The predicted molar refractivity (Wildman–Crippen MR) is 95.6 cm³/mol. The van der Waals surface area contributed by atoms with Crippen molar-refractivity contribution >= 4 is 46.5 Å². The van der Waals surface area contributed by atoms with Crippen LogP contribution in [0.5, 0.6) is 5.75 Å². The summed E-state index contributed by atoms with van der Waals surface area (Å²) in [6.07, 6.45) is 1.75. The second kappa shape index (κ2) is 7.71. The van der Waals surface area contributed by atoms with Gasteiger partial charge < -0.3 is 19.5 Å². The van der Waals surface area contributed by atoms with Crippen LogP contribution in [0, 0.1) is 6.92 Å². The molecule has 0 amide bonds. The average Bonchev–Trinajstić information content (AvgIpc) is 2.97. The number of rotatable bonds is 4. The summed E-state index contributed by atoms with van der Waals surface area (Å²) < 4.78 is 10.8. The lowest BCUT2D eigenvalue weighted by molar-refractivity contribution is -0.141. The number of fused-ring (bicyclic) bond motifs is 1. The summed E-state index contributed by atoms with van der Waals surface area (Å²) in [6.45, 7) is 3.61. The number of thiazole rings is 1. The van der Waals surface area contributed by atoms with E-state index in [1.54, 1.807) is 18.3 Å². The zero-order valence-corrected chi connectivity index (χ0v) is 15.2. The summed E-state index contributed by atoms with van der Waals surface area (Å²) in [7, 11) is 0. The Balaban J connectivity index is 0.00000225. The van der Waals surface area contributed by atoms with Crippen molar-refractivity contribution in [2.75, 3.05) is 18.1 Å². The van der Waals surface area contributed by atoms with Gasteiger partial charge in [-0.2, -0.15) is 0 Å². The minimum Gasteiger partial charge on any atom is -0.488 e. The van der Waals surface area contributed by atoms with Crippen molar-refractivity contribution in [1.82, 2.24) is 4.98 Å². The van der Waals surface area contributed by atoms with E-state index in [2.05, 4.69) is 4.98 Å². The second-order valence-electron chi connectivity index (χ2n) is 5.35. The molecular weight excluding hydrogens is 368 g/mol. The number of nitrogens with zero attached hydrogens (tertiary/aromatic N) is 2. The fourth-order valence-electron chi connectivity index (χ4n) is 2.54. The third-order valence-corrected chi connectivity index (χ3v) is 4.48. The Morgan fingerprint density at radius 2 is 2.24 bits per heavy atom. The van der Waals surface area contributed by atoms with Crippen molar-refractivity contribution in [3.63, 3.8) is 0 Å². The number of aryl methyl sites for hydroxylation is 1. The van der Waals surface area contributed by atoms with Crippen LogP contribution in [-0.2, 0) is 9.53 Å². The highest BCUT2D eigenvalue weighted by Gasteiger charge is 2.33. The Labute approximate surface area is 154 Å². The van der Waals surface area contributed by atoms with Gasteiger partial charge in [-0.25, -0.2) is 9.78 Å². The molecule has 1 aromatic heterocycles. The monoisotopic (exact) mass is 384 g/mol. The van der Waals surface area contributed by atoms with Crippen LogP contribution in [0.3, 0.4) is 0 Å². The molecule has 1 aromatic carbocycles. The first-order chi connectivity index (χ1) is 11.5. The van der Waals surface area contributed by atoms with Gasteiger partial charge in [0.1, 0.15) is 24.8 Å². The van der Waals surface area contributed by atoms with Crippen molar-refractivity contribution < 1.29 is 24.2 Å². The van der Waals surface area contributed by atoms with Gasteiger partial charge in [0.2, 0.25) is 0 Å². The summed E-state index contributed by atoms with van der Waals surface area (Å²) in [5, 5.41) is 10.1. The Morgan fingerprint density at radius 1 is 1.48 bits per heavy atom. The lowest BCUT2D eigenvalue weighted by atomic mass is 10.1. The second-order valence-corrected chi connectivity index (χ2v) is 6.56. The van der Waals surface area contributed by atoms with Gasteiger partial charge in [0.15, 0.2) is 10.9 Å². The topological polar surface area (TPSA) is 89.0 Å². The highest BCUT2D eigenvalue weighted by molar-refractivity contribution is 7.15. The molecule has 0 saturated heterocycles. The van der Waals surface area contributed by atoms with Crippen LogP contribution in [0.2, 0.25) is 0 Å². The zero-order chi connectivity index (χ0) is 17.3. The summed E-state index contributed by atoms with van der Waals surface area (Å²) in [4.78, 5) is 29.9. The Kier molecular flexibility index (Phi) is 5.86. The number of ether oxygens (including phenoxy) is 2. The van der Waals surface area contributed by atoms with Crippen molar-refractivity contribution in [3.8, 4) is 5.75 Å². The molecule has 0 saturated carbocycles. The molecule has 2 aromatic rings. The fourth-order valence-corrected chi connectivity index (χ4v) is 3.38. The van der Waals surface area contributed by atoms with Gasteiger partial charge >= 0.3 is 11.9 Å². The average molecular weight is 385 g/mol. The van der Waals surface area contributed by atoms with E-state index in [1.165, 1.54) is 24.3 Å². The summed E-state index contributed by atoms with van der Waals surface area (Å²) in [5.41, 5.74) is 0.698. The van der Waals surface area contributed by atoms with E-state index in [9.17, 15) is 14.7 Å². The first kappa shape index (κ1) is 19.0. The van der Waals surface area contributed by atoms with Crippen LogP contribution in [0.1, 0.15) is 22.2 Å². The molecular formula is C16H17ClN2O5S. The third-order valence-electron chi connectivity index (χ3n) is 3.56. The number of carboxylic acid groups (broad SMARTS) is 1. The van der Waals surface area contributed by atoms with Crippen molar-refractivity contribution in [2.45, 2.75) is 19.9 Å². The van der Waals surface area contributed by atoms with Crippen LogP contribution < -0.4 is 9.64 Å². The van der Waals surface area contributed by atoms with Crippen LogP contribution >= 0.6 is 23.7 Å². The first-order valence-corrected chi connectivity index (χ1v) is 8.13. The molecule has 0 bridgehead atoms. The van der Waals surface area contributed by atoms with E-state index in [0.717, 1.165) is 4.88 Å². The van der Waals surface area contributed by atoms with E-state index in [1.807, 2.05) is 11.8 Å². The molecule has 9 heteroatoms. The number of hydrogen-bond donors (Lipinski definition) is 1. The predicted octanol–water partition coefficient (Wildman–Crippen LogP) is 3.03. The molecule has 1 aliphatic rings. The van der Waals surface area contributed by atoms with E-state index in [0.29, 0.717) is 16.6 Å². The number of anilines is 2. The quantitative estimate of drug-likeness (QED) is 0.810. The minimum atomic E-state index is -1.06. The largest absolute Gasteiger partial charge is 0.488 e. The van der Waals surface area contributed by atoms with Crippen molar-refractivity contribution in [3.05, 3.63) is 34.8 Å². The number of aromatic nitrogens is 1. The molecule has 0 aliphatic carbocycles. The molecule has 1 N–H and O–H groups in total. The summed E-state index contributed by atoms with van der Waals surface area (Å²) in [6, 6.07) is 4.65. The van der Waals surface area contributed by atoms with E-state index >= 15 is 0 Å². The number of halogens is 1. The lowest BCUT2D eigenvalue weighted by Gasteiger charge is -2.36. The minimum absolute atomic E-state index is 0. The summed E-state index contributed by atoms with van der Waals surface area (Å²) >= 11 is 1.48. The van der Waals surface area contributed by atoms with Gasteiger partial charge in [-0.05, 0) is 19.1 Å². The third kappa shape index (κ3) is 3.85. The molecule has 134 valence electrons. The molecule has 1 atom stereocenters. The molecule has 0 spiro atoms. The number of hydrogen-bond acceptors (Lipinski definition) is 7. The number of carbonyl (C=O) groups is 2. The Bertz CT molecular complexity index is 795. The number of carboxylic acids is 1. The summed E-state index contributed by atoms with van der Waals surface area (Å²) in [5.74, 6) is -1.13. The van der Waals surface area contributed by atoms with Gasteiger partial charge in [0, 0.05) is 18.0 Å². The van der Waals surface area contributed by atoms with Crippen molar-refractivity contribution in [1.29, 1.82) is 0 Å². The van der Waals surface area contributed by atoms with Gasteiger partial charge in [-0.3, -0.25) is 4.79 Å². The maximum absolute atomic E-state index is 11.4. The number of carbonyl (C=O) groups excluding carboxylic acids is 1. The van der Waals surface area contributed by atoms with Gasteiger partial charge in [-0.1, -0.05) is 6.07 Å². The van der Waals surface area contributed by atoms with Crippen molar-refractivity contribution in [2.24, 2.45) is 0 Å². The number of benzene rings is 1. The number of esters is 1. The standard InChI is InChI=1S/C16H16N2O5S.ClH/c1-9-6-17-16(24-9)18-11(7-22-10(2)19)8-23-14-12(15(20)21)4-3-5-13(14)18;/h3-6,11H,7-8H2,1-2H3,(H,20,21);1H. The normalized spacial score (nSPS) is 15.6. The van der Waals surface area contributed by atoms with E-state index < -0.39 is 5.97 Å². The van der Waals surface area contributed by atoms with Gasteiger partial charge in [-0.15, -0.1) is 23.7 Å². The molecule has 3 rings (SSSR count). The molecule has 2 heterocycles. The molecule has 25 heavy (non-hydrogen) atoms. The van der Waals surface area contributed by atoms with Gasteiger partial charge in [0.25, 0.3) is 0 Å². The maximum atomic E-state index is 11.4.